The Morgan fingerprint density at radius 2 is 1.75 bits per heavy atom. The number of piperidine rings is 1. The van der Waals surface area contributed by atoms with Gasteiger partial charge >= 0.3 is 0 Å². The summed E-state index contributed by atoms with van der Waals surface area (Å²) < 4.78 is 0. The summed E-state index contributed by atoms with van der Waals surface area (Å²) in [6, 6.07) is 15.6. The van der Waals surface area contributed by atoms with E-state index in [4.69, 9.17) is 5.21 Å². The average Bonchev–Trinajstić information content (AvgIpc) is 2.76. The highest BCUT2D eigenvalue weighted by molar-refractivity contribution is 5.92. The lowest BCUT2D eigenvalue weighted by molar-refractivity contribution is -0.127. The van der Waals surface area contributed by atoms with Crippen molar-refractivity contribution in [2.24, 2.45) is 0 Å². The Kier molecular flexibility index (Phi) is 6.70. The molecule has 2 heterocycles. The van der Waals surface area contributed by atoms with Gasteiger partial charge in [0.15, 0.2) is 0 Å². The smallest absolute Gasteiger partial charge is 0.267 e. The van der Waals surface area contributed by atoms with Gasteiger partial charge in [0.1, 0.15) is 0 Å². The van der Waals surface area contributed by atoms with Gasteiger partial charge in [0.05, 0.1) is 11.4 Å². The van der Waals surface area contributed by atoms with Crippen molar-refractivity contribution in [1.82, 2.24) is 15.4 Å². The Morgan fingerprint density at radius 1 is 1.04 bits per heavy atom. The fraction of sp³-hybridized carbons (Fsp3) is 0.227. The van der Waals surface area contributed by atoms with E-state index in [2.05, 4.69) is 17.1 Å². The van der Waals surface area contributed by atoms with Crippen molar-refractivity contribution in [2.45, 2.75) is 18.8 Å². The van der Waals surface area contributed by atoms with Crippen molar-refractivity contribution >= 4 is 24.0 Å². The predicted octanol–water partition coefficient (Wildman–Crippen LogP) is 3.02. The number of pyridine rings is 1. The minimum absolute atomic E-state index is 0.0250. The van der Waals surface area contributed by atoms with Crippen molar-refractivity contribution in [3.05, 3.63) is 77.6 Å². The van der Waals surface area contributed by atoms with E-state index < -0.39 is 5.91 Å². The average molecular weight is 377 g/mol. The third-order valence-corrected chi connectivity index (χ3v) is 4.71. The molecule has 1 aliphatic heterocycles. The van der Waals surface area contributed by atoms with Crippen LogP contribution >= 0.6 is 0 Å². The number of hydrogen-bond acceptors (Lipinski definition) is 4. The second-order valence-corrected chi connectivity index (χ2v) is 6.66. The van der Waals surface area contributed by atoms with Crippen molar-refractivity contribution in [1.29, 1.82) is 0 Å². The van der Waals surface area contributed by atoms with Gasteiger partial charge in [-0.2, -0.15) is 0 Å². The second kappa shape index (κ2) is 9.62. The van der Waals surface area contributed by atoms with Gasteiger partial charge in [0, 0.05) is 31.2 Å². The molecule has 0 spiro atoms. The predicted molar refractivity (Wildman–Crippen MR) is 107 cm³/mol. The van der Waals surface area contributed by atoms with Crippen molar-refractivity contribution in [2.75, 3.05) is 13.1 Å². The van der Waals surface area contributed by atoms with Crippen LogP contribution in [0.15, 0.2) is 60.7 Å². The molecule has 144 valence electrons. The molecular weight excluding hydrogens is 354 g/mol. The van der Waals surface area contributed by atoms with E-state index in [9.17, 15) is 9.59 Å². The lowest BCUT2D eigenvalue weighted by atomic mass is 9.90. The Labute approximate surface area is 164 Å². The number of carbonyl (C=O) groups excluding carboxylic acids is 2. The first kappa shape index (κ1) is 19.5. The molecule has 1 fully saturated rings. The topological polar surface area (TPSA) is 82.5 Å². The maximum atomic E-state index is 12.6. The number of nitrogens with zero attached hydrogens (tertiary/aromatic N) is 2. The van der Waals surface area contributed by atoms with Gasteiger partial charge in [-0.1, -0.05) is 36.4 Å². The number of aromatic nitrogens is 1. The zero-order valence-corrected chi connectivity index (χ0v) is 15.5. The number of hydroxylamine groups is 1. The van der Waals surface area contributed by atoms with Crippen LogP contribution in [0.4, 0.5) is 0 Å². The number of hydrogen-bond donors (Lipinski definition) is 2. The number of likely N-dealkylation sites (tertiary alicyclic amines) is 1. The van der Waals surface area contributed by atoms with Gasteiger partial charge in [0.25, 0.3) is 5.91 Å². The first-order chi connectivity index (χ1) is 13.7. The zero-order chi connectivity index (χ0) is 19.8. The third-order valence-electron chi connectivity index (χ3n) is 4.71. The van der Waals surface area contributed by atoms with Gasteiger partial charge in [-0.05, 0) is 42.7 Å². The van der Waals surface area contributed by atoms with Gasteiger partial charge in [-0.25, -0.2) is 10.5 Å². The van der Waals surface area contributed by atoms with E-state index in [1.54, 1.807) is 30.4 Å². The first-order valence-electron chi connectivity index (χ1n) is 9.27. The van der Waals surface area contributed by atoms with E-state index in [0.29, 0.717) is 17.3 Å². The highest BCUT2D eigenvalue weighted by Gasteiger charge is 2.23. The maximum Gasteiger partial charge on any atom is 0.267 e. The van der Waals surface area contributed by atoms with Gasteiger partial charge < -0.3 is 4.90 Å². The molecule has 6 heteroatoms. The van der Waals surface area contributed by atoms with Crippen molar-refractivity contribution < 1.29 is 14.8 Å². The molecule has 6 nitrogen and oxygen atoms in total. The molecule has 1 saturated heterocycles. The van der Waals surface area contributed by atoms with Crippen LogP contribution in [0.3, 0.4) is 0 Å². The summed E-state index contributed by atoms with van der Waals surface area (Å²) in [6.45, 7) is 1.48. The molecule has 2 amide bonds. The summed E-state index contributed by atoms with van der Waals surface area (Å²) in [5.41, 5.74) is 3.98. The summed E-state index contributed by atoms with van der Waals surface area (Å²) in [5.74, 6) is -0.282. The molecule has 1 aliphatic rings. The Hall–Kier alpha value is -3.25. The summed E-state index contributed by atoms with van der Waals surface area (Å²) >= 11 is 0. The van der Waals surface area contributed by atoms with Gasteiger partial charge in [-0.15, -0.1) is 0 Å². The lowest BCUT2D eigenvalue weighted by Gasteiger charge is -2.32. The summed E-state index contributed by atoms with van der Waals surface area (Å²) in [6.07, 6.45) is 7.97. The normalized spacial score (nSPS) is 17.2. The molecule has 28 heavy (non-hydrogen) atoms. The molecule has 2 aromatic rings. The SMILES string of the molecule is O=C(C=Cc1cccc(C=CC(=O)N2CCC[C@H](c3ccccc3)C2)n1)NO. The van der Waals surface area contributed by atoms with Gasteiger partial charge in [0.2, 0.25) is 5.91 Å². The number of amides is 2. The summed E-state index contributed by atoms with van der Waals surface area (Å²) in [7, 11) is 0. The second-order valence-electron chi connectivity index (χ2n) is 6.66. The van der Waals surface area contributed by atoms with Gasteiger partial charge in [-0.3, -0.25) is 14.8 Å². The largest absolute Gasteiger partial charge is 0.339 e. The fourth-order valence-corrected chi connectivity index (χ4v) is 3.29. The molecule has 0 unspecified atom stereocenters. The molecule has 1 aromatic heterocycles. The number of nitrogens with one attached hydrogen (secondary N) is 1. The molecule has 0 bridgehead atoms. The molecule has 0 saturated carbocycles. The number of rotatable bonds is 5. The monoisotopic (exact) mass is 377 g/mol. The molecule has 1 aromatic carbocycles. The van der Waals surface area contributed by atoms with E-state index in [1.165, 1.54) is 23.2 Å². The van der Waals surface area contributed by atoms with Crippen molar-refractivity contribution in [3.63, 3.8) is 0 Å². The van der Waals surface area contributed by atoms with E-state index in [0.717, 1.165) is 25.9 Å². The first-order valence-corrected chi connectivity index (χ1v) is 9.27. The van der Waals surface area contributed by atoms with Crippen LogP contribution in [0.5, 0.6) is 0 Å². The highest BCUT2D eigenvalue weighted by atomic mass is 16.5. The fourth-order valence-electron chi connectivity index (χ4n) is 3.29. The van der Waals surface area contributed by atoms with E-state index in [-0.39, 0.29) is 5.91 Å². The van der Waals surface area contributed by atoms with E-state index >= 15 is 0 Å². The molecule has 2 N–H and O–H groups in total. The zero-order valence-electron chi connectivity index (χ0n) is 15.5. The van der Waals surface area contributed by atoms with E-state index in [1.807, 2.05) is 23.1 Å². The molecule has 1 atom stereocenters. The maximum absolute atomic E-state index is 12.6. The number of carbonyl (C=O) groups is 2. The van der Waals surface area contributed by atoms with Crippen LogP contribution in [-0.4, -0.2) is 40.0 Å². The third kappa shape index (κ3) is 5.37. The highest BCUT2D eigenvalue weighted by Crippen LogP contribution is 2.26. The van der Waals surface area contributed by atoms with Crippen LogP contribution in [0.2, 0.25) is 0 Å². The Morgan fingerprint density at radius 3 is 2.46 bits per heavy atom. The summed E-state index contributed by atoms with van der Waals surface area (Å²) in [5, 5.41) is 8.50. The van der Waals surface area contributed by atoms with Crippen LogP contribution in [0.25, 0.3) is 12.2 Å². The van der Waals surface area contributed by atoms with Crippen LogP contribution in [0.1, 0.15) is 35.7 Å². The minimum atomic E-state index is -0.629. The molecular formula is C22H23N3O3. The lowest BCUT2D eigenvalue weighted by Crippen LogP contribution is -2.38. The van der Waals surface area contributed by atoms with Crippen LogP contribution in [-0.2, 0) is 9.59 Å². The number of benzene rings is 1. The van der Waals surface area contributed by atoms with Crippen molar-refractivity contribution in [3.8, 4) is 0 Å². The Bertz CT molecular complexity index is 878. The quantitative estimate of drug-likeness (QED) is 0.477. The van der Waals surface area contributed by atoms with Crippen LogP contribution in [0, 0.1) is 0 Å². The van der Waals surface area contributed by atoms with Crippen LogP contribution < -0.4 is 5.48 Å². The molecule has 0 radical (unpaired) electrons. The summed E-state index contributed by atoms with van der Waals surface area (Å²) in [4.78, 5) is 29.9. The minimum Gasteiger partial charge on any atom is -0.339 e. The molecule has 3 rings (SSSR count). The molecule has 0 aliphatic carbocycles. The standard InChI is InChI=1S/C22H23N3O3/c26-21(24-28)13-11-19-9-4-10-20(23-19)12-14-22(27)25-15-5-8-18(16-25)17-6-2-1-3-7-17/h1-4,6-7,9-14,18,28H,5,8,15-16H2,(H,24,26)/t18-/m0/s1. The Balaban J connectivity index is 1.63.